The van der Waals surface area contributed by atoms with Gasteiger partial charge in [-0.2, -0.15) is 0 Å². The fraction of sp³-hybridized carbons (Fsp3) is 0.588. The van der Waals surface area contributed by atoms with E-state index in [0.717, 1.165) is 41.2 Å². The molecule has 4 rings (SSSR count). The zero-order valence-corrected chi connectivity index (χ0v) is 15.0. The molecule has 1 saturated carbocycles. The van der Waals surface area contributed by atoms with E-state index in [0.29, 0.717) is 12.0 Å². The van der Waals surface area contributed by atoms with Crippen molar-refractivity contribution >= 4 is 23.7 Å². The smallest absolute Gasteiger partial charge is 0.236 e. The third kappa shape index (κ3) is 3.33. The van der Waals surface area contributed by atoms with Crippen LogP contribution in [0.5, 0.6) is 0 Å². The van der Waals surface area contributed by atoms with E-state index in [-0.39, 0.29) is 12.4 Å². The summed E-state index contributed by atoms with van der Waals surface area (Å²) in [6.07, 6.45) is 3.83. The van der Waals surface area contributed by atoms with Crippen LogP contribution in [0.1, 0.15) is 30.7 Å². The van der Waals surface area contributed by atoms with E-state index in [9.17, 15) is 0 Å². The predicted molar refractivity (Wildman–Crippen MR) is 95.9 cm³/mol. The molecule has 0 aromatic carbocycles. The van der Waals surface area contributed by atoms with Gasteiger partial charge >= 0.3 is 0 Å². The number of aromatic nitrogens is 1. The number of nitrogens with zero attached hydrogens (tertiary/aromatic N) is 2. The second kappa shape index (κ2) is 6.93. The molecule has 6 heteroatoms. The van der Waals surface area contributed by atoms with Crippen molar-refractivity contribution in [2.75, 3.05) is 13.1 Å². The highest BCUT2D eigenvalue weighted by Gasteiger charge is 2.38. The minimum atomic E-state index is 0. The van der Waals surface area contributed by atoms with Gasteiger partial charge in [-0.05, 0) is 43.0 Å². The van der Waals surface area contributed by atoms with Crippen LogP contribution >= 0.6 is 23.7 Å². The van der Waals surface area contributed by atoms with E-state index in [2.05, 4.69) is 16.3 Å². The van der Waals surface area contributed by atoms with Crippen LogP contribution in [0.2, 0.25) is 0 Å². The standard InChI is InChI=1S/C17H23N3OS.ClH/c1-11-15(19-17(21-11)16-6-3-7-22-16)10-20-8-12-4-2-5-14(18)13(12)9-20;/h3,6-7,12-14H,2,4-5,8-10,18H2,1H3;1H. The van der Waals surface area contributed by atoms with Crippen molar-refractivity contribution in [3.63, 3.8) is 0 Å². The average Bonchev–Trinajstić information content (AvgIpc) is 3.20. The van der Waals surface area contributed by atoms with Crippen LogP contribution in [-0.2, 0) is 6.54 Å². The number of thiophene rings is 1. The third-order valence-corrected chi connectivity index (χ3v) is 6.09. The Bertz CT molecular complexity index is 642. The largest absolute Gasteiger partial charge is 0.440 e. The molecule has 0 radical (unpaired) electrons. The molecule has 2 aromatic heterocycles. The molecule has 0 bridgehead atoms. The van der Waals surface area contributed by atoms with E-state index in [4.69, 9.17) is 15.1 Å². The zero-order chi connectivity index (χ0) is 15.1. The minimum Gasteiger partial charge on any atom is -0.440 e. The molecule has 2 aromatic rings. The topological polar surface area (TPSA) is 55.3 Å². The average molecular weight is 354 g/mol. The van der Waals surface area contributed by atoms with Gasteiger partial charge in [0.1, 0.15) is 5.76 Å². The first-order valence-electron chi connectivity index (χ1n) is 8.19. The van der Waals surface area contributed by atoms with Gasteiger partial charge in [-0.15, -0.1) is 23.7 Å². The zero-order valence-electron chi connectivity index (χ0n) is 13.4. The summed E-state index contributed by atoms with van der Waals surface area (Å²) in [7, 11) is 0. The number of rotatable bonds is 3. The second-order valence-corrected chi connectivity index (χ2v) is 7.66. The van der Waals surface area contributed by atoms with Crippen LogP contribution in [0.25, 0.3) is 10.8 Å². The number of nitrogens with two attached hydrogens (primary N) is 1. The van der Waals surface area contributed by atoms with Crippen LogP contribution in [0, 0.1) is 18.8 Å². The van der Waals surface area contributed by atoms with Gasteiger partial charge in [0, 0.05) is 25.7 Å². The number of hydrogen-bond acceptors (Lipinski definition) is 5. The first-order chi connectivity index (χ1) is 10.7. The molecular formula is C17H24ClN3OS. The van der Waals surface area contributed by atoms with E-state index >= 15 is 0 Å². The minimum absolute atomic E-state index is 0. The molecule has 1 aliphatic carbocycles. The summed E-state index contributed by atoms with van der Waals surface area (Å²) in [5.41, 5.74) is 7.39. The lowest BCUT2D eigenvalue weighted by molar-refractivity contribution is 0.259. The molecule has 2 aliphatic rings. The molecule has 3 atom stereocenters. The van der Waals surface area contributed by atoms with Crippen LogP contribution in [0.3, 0.4) is 0 Å². The lowest BCUT2D eigenvalue weighted by atomic mass is 9.78. The highest BCUT2D eigenvalue weighted by Crippen LogP contribution is 2.36. The van der Waals surface area contributed by atoms with Crippen molar-refractivity contribution < 1.29 is 4.42 Å². The Morgan fingerprint density at radius 1 is 1.39 bits per heavy atom. The molecule has 2 fully saturated rings. The molecule has 3 unspecified atom stereocenters. The predicted octanol–water partition coefficient (Wildman–Crippen LogP) is 3.69. The summed E-state index contributed by atoms with van der Waals surface area (Å²) >= 11 is 1.67. The number of oxazole rings is 1. The lowest BCUT2D eigenvalue weighted by Crippen LogP contribution is -2.38. The maximum Gasteiger partial charge on any atom is 0.236 e. The van der Waals surface area contributed by atoms with Crippen molar-refractivity contribution in [1.82, 2.24) is 9.88 Å². The van der Waals surface area contributed by atoms with Crippen LogP contribution < -0.4 is 5.73 Å². The van der Waals surface area contributed by atoms with Gasteiger partial charge in [0.2, 0.25) is 5.89 Å². The Balaban J connectivity index is 0.00000156. The van der Waals surface area contributed by atoms with Crippen molar-refractivity contribution in [2.24, 2.45) is 17.6 Å². The fourth-order valence-corrected chi connectivity index (χ4v) is 4.68. The SMILES string of the molecule is Cc1oc(-c2cccs2)nc1CN1CC2CCCC(N)C2C1.Cl. The molecule has 126 valence electrons. The van der Waals surface area contributed by atoms with Crippen molar-refractivity contribution in [2.45, 2.75) is 38.8 Å². The van der Waals surface area contributed by atoms with E-state index in [1.165, 1.54) is 25.8 Å². The molecule has 0 spiro atoms. The van der Waals surface area contributed by atoms with Crippen LogP contribution in [0.15, 0.2) is 21.9 Å². The Labute approximate surface area is 147 Å². The number of aryl methyl sites for hydroxylation is 1. The van der Waals surface area contributed by atoms with Gasteiger partial charge < -0.3 is 10.2 Å². The molecule has 1 aliphatic heterocycles. The molecule has 23 heavy (non-hydrogen) atoms. The molecule has 1 saturated heterocycles. The fourth-order valence-electron chi connectivity index (χ4n) is 4.03. The highest BCUT2D eigenvalue weighted by atomic mass is 35.5. The molecular weight excluding hydrogens is 330 g/mol. The first kappa shape index (κ1) is 17.0. The van der Waals surface area contributed by atoms with Gasteiger partial charge in [0.25, 0.3) is 0 Å². The summed E-state index contributed by atoms with van der Waals surface area (Å²) in [6.45, 7) is 5.19. The molecule has 4 nitrogen and oxygen atoms in total. The first-order valence-corrected chi connectivity index (χ1v) is 9.07. The summed E-state index contributed by atoms with van der Waals surface area (Å²) in [4.78, 5) is 8.34. The number of hydrogen-bond donors (Lipinski definition) is 1. The number of halogens is 1. The van der Waals surface area contributed by atoms with Crippen LogP contribution in [-0.4, -0.2) is 29.0 Å². The Morgan fingerprint density at radius 3 is 3.00 bits per heavy atom. The number of fused-ring (bicyclic) bond motifs is 1. The van der Waals surface area contributed by atoms with Gasteiger partial charge in [-0.25, -0.2) is 4.98 Å². The van der Waals surface area contributed by atoms with Gasteiger partial charge in [0.15, 0.2) is 0 Å². The van der Waals surface area contributed by atoms with Crippen molar-refractivity contribution in [1.29, 1.82) is 0 Å². The normalized spacial score (nSPS) is 27.7. The molecule has 2 N–H and O–H groups in total. The summed E-state index contributed by atoms with van der Waals surface area (Å²) < 4.78 is 5.86. The maximum absolute atomic E-state index is 6.31. The Kier molecular flexibility index (Phi) is 5.11. The monoisotopic (exact) mass is 353 g/mol. The Morgan fingerprint density at radius 2 is 2.26 bits per heavy atom. The van der Waals surface area contributed by atoms with Crippen LogP contribution in [0.4, 0.5) is 0 Å². The van der Waals surface area contributed by atoms with E-state index in [1.807, 2.05) is 13.0 Å². The summed E-state index contributed by atoms with van der Waals surface area (Å²) in [5, 5.41) is 2.06. The summed E-state index contributed by atoms with van der Waals surface area (Å²) in [5.74, 6) is 3.17. The molecule has 0 amide bonds. The van der Waals surface area contributed by atoms with E-state index in [1.54, 1.807) is 11.3 Å². The van der Waals surface area contributed by atoms with Gasteiger partial charge in [-0.1, -0.05) is 12.5 Å². The second-order valence-electron chi connectivity index (χ2n) is 6.71. The third-order valence-electron chi connectivity index (χ3n) is 5.23. The van der Waals surface area contributed by atoms with Gasteiger partial charge in [-0.3, -0.25) is 4.90 Å². The molecule has 3 heterocycles. The number of likely N-dealkylation sites (tertiary alicyclic amines) is 1. The summed E-state index contributed by atoms with van der Waals surface area (Å²) in [6, 6.07) is 4.48. The quantitative estimate of drug-likeness (QED) is 0.914. The van der Waals surface area contributed by atoms with Gasteiger partial charge in [0.05, 0.1) is 10.6 Å². The van der Waals surface area contributed by atoms with E-state index < -0.39 is 0 Å². The maximum atomic E-state index is 6.31. The Hall–Kier alpha value is -0.880. The lowest BCUT2D eigenvalue weighted by Gasteiger charge is -2.29. The highest BCUT2D eigenvalue weighted by molar-refractivity contribution is 7.13. The van der Waals surface area contributed by atoms with Crippen molar-refractivity contribution in [3.05, 3.63) is 29.0 Å². The van der Waals surface area contributed by atoms with Crippen molar-refractivity contribution in [3.8, 4) is 10.8 Å².